The minimum Gasteiger partial charge on any atom is -0.508 e. The Morgan fingerprint density at radius 2 is 1.86 bits per heavy atom. The van der Waals surface area contributed by atoms with Gasteiger partial charge in [-0.3, -0.25) is 4.90 Å². The number of nitrogens with zero attached hydrogens (tertiary/aromatic N) is 1. The van der Waals surface area contributed by atoms with Crippen LogP contribution in [0.5, 0.6) is 5.75 Å². The van der Waals surface area contributed by atoms with Crippen LogP contribution in [0.25, 0.3) is 0 Å². The normalized spacial score (nSPS) is 20.8. The topological polar surface area (TPSA) is 35.5 Å². The Bertz CT molecular complexity index is 451. The van der Waals surface area contributed by atoms with E-state index in [-0.39, 0.29) is 42.4 Å². The summed E-state index contributed by atoms with van der Waals surface area (Å²) in [7, 11) is 0. The van der Waals surface area contributed by atoms with E-state index in [1.54, 1.807) is 0 Å². The quantitative estimate of drug-likeness (QED) is 0.890. The van der Waals surface area contributed by atoms with E-state index in [1.807, 2.05) is 0 Å². The molecule has 1 heterocycles. The van der Waals surface area contributed by atoms with Gasteiger partial charge in [0.05, 0.1) is 0 Å². The Labute approximate surface area is 137 Å². The van der Waals surface area contributed by atoms with Crippen molar-refractivity contribution >= 4 is 24.8 Å². The molecular weight excluding hydrogens is 314 g/mol. The van der Waals surface area contributed by atoms with E-state index in [4.69, 9.17) is 0 Å². The molecule has 21 heavy (non-hydrogen) atoms. The number of nitrogens with one attached hydrogen (secondary N) is 1. The molecule has 0 radical (unpaired) electrons. The van der Waals surface area contributed by atoms with Gasteiger partial charge in [-0.15, -0.1) is 24.8 Å². The first-order valence-corrected chi connectivity index (χ1v) is 7.19. The zero-order chi connectivity index (χ0) is 13.2. The van der Waals surface area contributed by atoms with Crippen molar-refractivity contribution in [3.63, 3.8) is 0 Å². The molecule has 120 valence electrons. The lowest BCUT2D eigenvalue weighted by molar-refractivity contribution is 0.0817. The summed E-state index contributed by atoms with van der Waals surface area (Å²) >= 11 is 0. The van der Waals surface area contributed by atoms with Crippen LogP contribution in [0.3, 0.4) is 0 Å². The average Bonchev–Trinajstić information content (AvgIpc) is 2.38. The van der Waals surface area contributed by atoms with Gasteiger partial charge in [-0.2, -0.15) is 0 Å². The fourth-order valence-corrected chi connectivity index (χ4v) is 3.23. The molecule has 1 atom stereocenters. The first-order chi connectivity index (χ1) is 9.25. The fraction of sp³-hybridized carbons (Fsp3) is 0.600. The van der Waals surface area contributed by atoms with Gasteiger partial charge >= 0.3 is 0 Å². The van der Waals surface area contributed by atoms with Crippen LogP contribution < -0.4 is 5.32 Å². The maximum absolute atomic E-state index is 13.5. The highest BCUT2D eigenvalue weighted by molar-refractivity contribution is 5.85. The number of hydrogen-bond acceptors (Lipinski definition) is 3. The van der Waals surface area contributed by atoms with E-state index in [2.05, 4.69) is 10.2 Å². The maximum Gasteiger partial charge on any atom is 0.123 e. The molecule has 1 aromatic carbocycles. The van der Waals surface area contributed by atoms with Crippen molar-refractivity contribution < 1.29 is 9.50 Å². The van der Waals surface area contributed by atoms with Crippen LogP contribution in [0.15, 0.2) is 18.2 Å². The number of phenols is 1. The van der Waals surface area contributed by atoms with Crippen LogP contribution in [0, 0.1) is 11.7 Å². The smallest absolute Gasteiger partial charge is 0.123 e. The van der Waals surface area contributed by atoms with Gasteiger partial charge in [0.25, 0.3) is 0 Å². The average molecular weight is 337 g/mol. The Hall–Kier alpha value is -0.550. The van der Waals surface area contributed by atoms with E-state index in [0.717, 1.165) is 31.7 Å². The largest absolute Gasteiger partial charge is 0.508 e. The van der Waals surface area contributed by atoms with E-state index in [0.29, 0.717) is 5.92 Å². The highest BCUT2D eigenvalue weighted by Gasteiger charge is 2.35. The van der Waals surface area contributed by atoms with Gasteiger partial charge in [-0.25, -0.2) is 4.39 Å². The van der Waals surface area contributed by atoms with Crippen LogP contribution >= 0.6 is 24.8 Å². The molecule has 0 aromatic heterocycles. The van der Waals surface area contributed by atoms with Gasteiger partial charge in [0.2, 0.25) is 0 Å². The molecule has 0 amide bonds. The van der Waals surface area contributed by atoms with E-state index in [1.165, 1.54) is 37.5 Å². The molecule has 6 heteroatoms. The second kappa shape index (κ2) is 8.18. The van der Waals surface area contributed by atoms with Crippen LogP contribution in [0.1, 0.15) is 30.9 Å². The van der Waals surface area contributed by atoms with Gasteiger partial charge in [0.1, 0.15) is 11.6 Å². The van der Waals surface area contributed by atoms with Crippen molar-refractivity contribution in [3.05, 3.63) is 29.6 Å². The molecule has 0 unspecified atom stereocenters. The number of aromatic hydroxyl groups is 1. The molecule has 1 aromatic rings. The number of benzene rings is 1. The molecule has 2 fully saturated rings. The summed E-state index contributed by atoms with van der Waals surface area (Å²) in [6.07, 6.45) is 3.62. The SMILES string of the molecule is Cl.Cl.Oc1ccc(F)cc1[C@H](C1CCC1)N1CCNCC1. The second-order valence-corrected chi connectivity index (χ2v) is 5.62. The molecule has 3 nitrogen and oxygen atoms in total. The zero-order valence-corrected chi connectivity index (χ0v) is 13.6. The molecule has 2 N–H and O–H groups in total. The molecule has 1 saturated heterocycles. The number of halogens is 3. The first kappa shape index (κ1) is 18.5. The van der Waals surface area contributed by atoms with Gasteiger partial charge < -0.3 is 10.4 Å². The number of piperazine rings is 1. The van der Waals surface area contributed by atoms with E-state index in [9.17, 15) is 9.50 Å². The third-order valence-electron chi connectivity index (χ3n) is 4.45. The lowest BCUT2D eigenvalue weighted by atomic mass is 9.76. The minimum absolute atomic E-state index is 0. The van der Waals surface area contributed by atoms with Crippen molar-refractivity contribution in [2.24, 2.45) is 5.92 Å². The van der Waals surface area contributed by atoms with Crippen LogP contribution in [-0.4, -0.2) is 36.2 Å². The summed E-state index contributed by atoms with van der Waals surface area (Å²) < 4.78 is 13.5. The molecular formula is C15H23Cl2FN2O. The number of hydrogen-bond donors (Lipinski definition) is 2. The zero-order valence-electron chi connectivity index (χ0n) is 11.9. The Morgan fingerprint density at radius 1 is 1.19 bits per heavy atom. The highest BCUT2D eigenvalue weighted by Crippen LogP contribution is 2.44. The Morgan fingerprint density at radius 3 is 2.43 bits per heavy atom. The summed E-state index contributed by atoms with van der Waals surface area (Å²) in [6, 6.07) is 4.50. The number of rotatable bonds is 3. The predicted molar refractivity (Wildman–Crippen MR) is 87.1 cm³/mol. The van der Waals surface area contributed by atoms with Crippen LogP contribution in [-0.2, 0) is 0 Å². The fourth-order valence-electron chi connectivity index (χ4n) is 3.23. The lowest BCUT2D eigenvalue weighted by Crippen LogP contribution is -2.47. The van der Waals surface area contributed by atoms with Crippen LogP contribution in [0.2, 0.25) is 0 Å². The molecule has 0 bridgehead atoms. The predicted octanol–water partition coefficient (Wildman–Crippen LogP) is 3.12. The molecule has 1 aliphatic carbocycles. The third-order valence-corrected chi connectivity index (χ3v) is 4.45. The van der Waals surface area contributed by atoms with Crippen molar-refractivity contribution in [2.75, 3.05) is 26.2 Å². The van der Waals surface area contributed by atoms with Gasteiger partial charge in [0, 0.05) is 37.8 Å². The minimum atomic E-state index is -0.257. The van der Waals surface area contributed by atoms with E-state index < -0.39 is 0 Å². The molecule has 1 aliphatic heterocycles. The van der Waals surface area contributed by atoms with Crippen molar-refractivity contribution in [3.8, 4) is 5.75 Å². The molecule has 3 rings (SSSR count). The summed E-state index contributed by atoms with van der Waals surface area (Å²) in [6.45, 7) is 3.88. The monoisotopic (exact) mass is 336 g/mol. The Kier molecular flexibility index (Phi) is 7.21. The number of phenolic OH excluding ortho intramolecular Hbond substituents is 1. The standard InChI is InChI=1S/C15H21FN2O.2ClH/c16-12-4-5-14(19)13(10-12)15(11-2-1-3-11)18-8-6-17-7-9-18;;/h4-5,10-11,15,17,19H,1-3,6-9H2;2*1H/t15-;;/m0../s1. The first-order valence-electron chi connectivity index (χ1n) is 7.19. The summed E-state index contributed by atoms with van der Waals surface area (Å²) in [5.74, 6) is 0.537. The third kappa shape index (κ3) is 4.01. The molecule has 1 saturated carbocycles. The lowest BCUT2D eigenvalue weighted by Gasteiger charge is -2.43. The molecule has 2 aliphatic rings. The van der Waals surface area contributed by atoms with Crippen LogP contribution in [0.4, 0.5) is 4.39 Å². The molecule has 0 spiro atoms. The second-order valence-electron chi connectivity index (χ2n) is 5.62. The van der Waals surface area contributed by atoms with E-state index >= 15 is 0 Å². The Balaban J connectivity index is 0.00000110. The summed E-state index contributed by atoms with van der Waals surface area (Å²) in [5.41, 5.74) is 0.770. The van der Waals surface area contributed by atoms with Crippen molar-refractivity contribution in [2.45, 2.75) is 25.3 Å². The highest BCUT2D eigenvalue weighted by atomic mass is 35.5. The van der Waals surface area contributed by atoms with Crippen molar-refractivity contribution in [1.29, 1.82) is 0 Å². The van der Waals surface area contributed by atoms with Gasteiger partial charge in [-0.05, 0) is 37.0 Å². The van der Waals surface area contributed by atoms with Gasteiger partial charge in [0.15, 0.2) is 0 Å². The van der Waals surface area contributed by atoms with Gasteiger partial charge in [-0.1, -0.05) is 6.42 Å². The maximum atomic E-state index is 13.5. The van der Waals surface area contributed by atoms with Crippen molar-refractivity contribution in [1.82, 2.24) is 10.2 Å². The summed E-state index contributed by atoms with van der Waals surface area (Å²) in [5, 5.41) is 13.4. The summed E-state index contributed by atoms with van der Waals surface area (Å²) in [4.78, 5) is 2.40.